The Labute approximate surface area is 231 Å². The van der Waals surface area contributed by atoms with Crippen LogP contribution >= 0.6 is 0 Å². The minimum atomic E-state index is 0.148. The molecule has 0 spiro atoms. The largest absolute Gasteiger partial charge is 0.315 e. The maximum atomic E-state index is 2.52. The second kappa shape index (κ2) is 9.67. The van der Waals surface area contributed by atoms with Crippen LogP contribution in [0.15, 0.2) is 133 Å². The number of fused-ring (bicyclic) bond motifs is 2. The number of benzene rings is 5. The molecule has 5 aromatic carbocycles. The minimum Gasteiger partial charge on any atom is -0.315 e. The summed E-state index contributed by atoms with van der Waals surface area (Å²) in [7, 11) is 0. The molecule has 2 nitrogen and oxygen atoms in total. The molecule has 2 aliphatic rings. The summed E-state index contributed by atoms with van der Waals surface area (Å²) < 4.78 is 0. The molecule has 188 valence electrons. The van der Waals surface area contributed by atoms with Crippen LogP contribution in [0.25, 0.3) is 5.47 Å². The van der Waals surface area contributed by atoms with Crippen LogP contribution in [0.3, 0.4) is 0 Å². The maximum absolute atomic E-state index is 2.52. The molecule has 7 rings (SSSR count). The molecule has 0 atom stereocenters. The second-order valence-electron chi connectivity index (χ2n) is 10.3. The van der Waals surface area contributed by atoms with E-state index in [2.05, 4.69) is 151 Å². The lowest BCUT2D eigenvalue weighted by atomic mass is 9.32. The summed E-state index contributed by atoms with van der Waals surface area (Å²) in [6, 6.07) is 46.5. The Morgan fingerprint density at radius 2 is 1.08 bits per heavy atom. The molecule has 0 N–H and O–H groups in total. The highest BCUT2D eigenvalue weighted by molar-refractivity contribution is 7.03. The first-order chi connectivity index (χ1) is 19.3. The molecule has 0 saturated carbocycles. The zero-order valence-electron chi connectivity index (χ0n) is 22.5. The molecule has 0 unspecified atom stereocenters. The first kappa shape index (κ1) is 23.6. The smallest absolute Gasteiger partial charge is 0.252 e. The Kier molecular flexibility index (Phi) is 5.85. The molecule has 0 aromatic heterocycles. The quantitative estimate of drug-likeness (QED) is 0.224. The molecule has 0 amide bonds. The first-order valence-electron chi connectivity index (χ1n) is 14.0. The van der Waals surface area contributed by atoms with E-state index in [0.29, 0.717) is 0 Å². The Hall–Kier alpha value is -4.50. The summed E-state index contributed by atoms with van der Waals surface area (Å²) in [6.07, 6.45) is 1.94. The predicted molar refractivity (Wildman–Crippen MR) is 168 cm³/mol. The molecular formula is C36H31BN2. The number of aryl methyl sites for hydroxylation is 1. The molecule has 39 heavy (non-hydrogen) atoms. The van der Waals surface area contributed by atoms with Gasteiger partial charge < -0.3 is 9.80 Å². The Morgan fingerprint density at radius 1 is 0.513 bits per heavy atom. The van der Waals surface area contributed by atoms with Crippen molar-refractivity contribution in [1.29, 1.82) is 0 Å². The van der Waals surface area contributed by atoms with Gasteiger partial charge in [-0.3, -0.25) is 0 Å². The van der Waals surface area contributed by atoms with Crippen LogP contribution in [0.2, 0.25) is 0 Å². The molecule has 3 heteroatoms. The van der Waals surface area contributed by atoms with E-state index in [1.54, 1.807) is 0 Å². The number of hydrogen-bond donors (Lipinski definition) is 0. The Morgan fingerprint density at radius 3 is 1.77 bits per heavy atom. The van der Waals surface area contributed by atoms with Gasteiger partial charge in [0.1, 0.15) is 0 Å². The average molecular weight is 502 g/mol. The van der Waals surface area contributed by atoms with Crippen LogP contribution < -0.4 is 20.7 Å². The minimum absolute atomic E-state index is 0.148. The molecule has 0 radical (unpaired) electrons. The van der Waals surface area contributed by atoms with E-state index in [1.165, 1.54) is 61.7 Å². The number of hydrogen-bond acceptors (Lipinski definition) is 2. The van der Waals surface area contributed by atoms with Gasteiger partial charge in [0.05, 0.1) is 0 Å². The number of para-hydroxylation sites is 3. The number of allylic oxidation sites excluding steroid dienone is 1. The monoisotopic (exact) mass is 502 g/mol. The van der Waals surface area contributed by atoms with Crippen molar-refractivity contribution in [3.05, 3.63) is 144 Å². The van der Waals surface area contributed by atoms with Gasteiger partial charge in [0.2, 0.25) is 0 Å². The average Bonchev–Trinajstić information content (AvgIpc) is 3.01. The summed E-state index contributed by atoms with van der Waals surface area (Å²) in [6.45, 7) is 4.73. The van der Waals surface area contributed by atoms with Gasteiger partial charge in [0, 0.05) is 34.1 Å². The maximum Gasteiger partial charge on any atom is 0.252 e. The third kappa shape index (κ3) is 3.65. The van der Waals surface area contributed by atoms with Crippen molar-refractivity contribution in [2.24, 2.45) is 0 Å². The lowest BCUT2D eigenvalue weighted by molar-refractivity contribution is 1.02. The topological polar surface area (TPSA) is 6.48 Å². The molecule has 0 saturated heterocycles. The van der Waals surface area contributed by atoms with Crippen LogP contribution in [0.1, 0.15) is 31.4 Å². The number of rotatable bonds is 5. The third-order valence-corrected chi connectivity index (χ3v) is 8.24. The molecule has 0 bridgehead atoms. The molecule has 5 aromatic rings. The summed E-state index contributed by atoms with van der Waals surface area (Å²) >= 11 is 0. The molecule has 2 heterocycles. The van der Waals surface area contributed by atoms with Crippen LogP contribution in [0.4, 0.5) is 28.4 Å². The molecular weight excluding hydrogens is 471 g/mol. The van der Waals surface area contributed by atoms with E-state index < -0.39 is 0 Å². The lowest BCUT2D eigenvalue weighted by Gasteiger charge is -2.45. The van der Waals surface area contributed by atoms with Crippen molar-refractivity contribution in [3.8, 4) is 0 Å². The van der Waals surface area contributed by atoms with Crippen molar-refractivity contribution >= 4 is 51.5 Å². The van der Waals surface area contributed by atoms with E-state index in [-0.39, 0.29) is 6.71 Å². The standard InChI is InChI=1S/C36H31BN2/c1-3-26-16-11-12-21-29(26)35-31(4-2)38(27-17-7-5-8-18-27)33-24-15-25-34-36(33)37(35)30-22-13-14-23-32(30)39(34)28-19-9-6-10-20-28/h5-25H,3-4H2,1-2H3. The summed E-state index contributed by atoms with van der Waals surface area (Å²) in [5.41, 5.74) is 14.5. The fourth-order valence-corrected chi connectivity index (χ4v) is 6.66. The van der Waals surface area contributed by atoms with Crippen molar-refractivity contribution in [1.82, 2.24) is 0 Å². The van der Waals surface area contributed by atoms with E-state index in [4.69, 9.17) is 0 Å². The first-order valence-corrected chi connectivity index (χ1v) is 14.0. The van der Waals surface area contributed by atoms with Crippen molar-refractivity contribution in [2.75, 3.05) is 9.80 Å². The highest BCUT2D eigenvalue weighted by Gasteiger charge is 2.44. The SMILES string of the molecule is CCC1=C(c2ccccc2CC)B2c3ccccc3N(c3ccccc3)c3cccc(c32)N1c1ccccc1. The lowest BCUT2D eigenvalue weighted by Crippen LogP contribution is -2.55. The van der Waals surface area contributed by atoms with Crippen molar-refractivity contribution in [3.63, 3.8) is 0 Å². The number of anilines is 5. The fraction of sp³-hybridized carbons (Fsp3) is 0.111. The van der Waals surface area contributed by atoms with E-state index in [1.807, 2.05) is 0 Å². The zero-order valence-corrected chi connectivity index (χ0v) is 22.5. The van der Waals surface area contributed by atoms with E-state index in [0.717, 1.165) is 12.8 Å². The number of nitrogens with zero attached hydrogens (tertiary/aromatic N) is 2. The van der Waals surface area contributed by atoms with Crippen LogP contribution in [-0.2, 0) is 6.42 Å². The molecule has 0 aliphatic carbocycles. The summed E-state index contributed by atoms with van der Waals surface area (Å²) in [4.78, 5) is 4.97. The van der Waals surface area contributed by atoms with Gasteiger partial charge in [-0.2, -0.15) is 0 Å². The fourth-order valence-electron chi connectivity index (χ4n) is 6.66. The summed E-state index contributed by atoms with van der Waals surface area (Å²) in [5.74, 6) is 0. The second-order valence-corrected chi connectivity index (χ2v) is 10.3. The zero-order chi connectivity index (χ0) is 26.3. The van der Waals surface area contributed by atoms with Gasteiger partial charge in [-0.15, -0.1) is 0 Å². The van der Waals surface area contributed by atoms with Crippen LogP contribution in [-0.4, -0.2) is 6.71 Å². The van der Waals surface area contributed by atoms with E-state index in [9.17, 15) is 0 Å². The highest BCUT2D eigenvalue weighted by Crippen LogP contribution is 2.46. The normalized spacial score (nSPS) is 13.8. The Bertz CT molecular complexity index is 1690. The van der Waals surface area contributed by atoms with Gasteiger partial charge >= 0.3 is 0 Å². The predicted octanol–water partition coefficient (Wildman–Crippen LogP) is 8.15. The van der Waals surface area contributed by atoms with Gasteiger partial charge in [-0.25, -0.2) is 0 Å². The van der Waals surface area contributed by atoms with Gasteiger partial charge in [-0.1, -0.05) is 98.8 Å². The summed E-state index contributed by atoms with van der Waals surface area (Å²) in [5, 5.41) is 0. The van der Waals surface area contributed by atoms with Gasteiger partial charge in [-0.05, 0) is 82.8 Å². The van der Waals surface area contributed by atoms with E-state index >= 15 is 0 Å². The van der Waals surface area contributed by atoms with Crippen molar-refractivity contribution in [2.45, 2.75) is 26.7 Å². The Balaban J connectivity index is 1.62. The highest BCUT2D eigenvalue weighted by atomic mass is 15.2. The van der Waals surface area contributed by atoms with Gasteiger partial charge in [0.25, 0.3) is 6.71 Å². The third-order valence-electron chi connectivity index (χ3n) is 8.24. The van der Waals surface area contributed by atoms with Crippen molar-refractivity contribution < 1.29 is 0 Å². The molecule has 2 aliphatic heterocycles. The van der Waals surface area contributed by atoms with Gasteiger partial charge in [0.15, 0.2) is 0 Å². The van der Waals surface area contributed by atoms with Crippen LogP contribution in [0, 0.1) is 0 Å². The molecule has 0 fully saturated rings. The van der Waals surface area contributed by atoms with Crippen LogP contribution in [0.5, 0.6) is 0 Å².